The molecule has 1 unspecified atom stereocenters. The zero-order valence-electron chi connectivity index (χ0n) is 42.8. The molecule has 1 heterocycles. The number of aliphatic hydroxyl groups is 1. The number of aliphatic hydroxyl groups excluding tert-OH is 1. The second kappa shape index (κ2) is 27.1. The van der Waals surface area contributed by atoms with E-state index in [-0.39, 0.29) is 24.2 Å². The summed E-state index contributed by atoms with van der Waals surface area (Å²) < 4.78 is 22.7. The van der Waals surface area contributed by atoms with E-state index in [4.69, 9.17) is 18.9 Å². The van der Waals surface area contributed by atoms with Crippen molar-refractivity contribution in [3.63, 3.8) is 0 Å². The normalized spacial score (nSPS) is 18.2. The Morgan fingerprint density at radius 3 is 1.96 bits per heavy atom. The summed E-state index contributed by atoms with van der Waals surface area (Å²) in [6.07, 6.45) is -2.75. The lowest BCUT2D eigenvalue weighted by Crippen LogP contribution is -2.60. The maximum atomic E-state index is 14.7. The maximum Gasteiger partial charge on any atom is 0.411 e. The van der Waals surface area contributed by atoms with Gasteiger partial charge in [-0.15, -0.1) is 0 Å². The number of esters is 1. The van der Waals surface area contributed by atoms with E-state index < -0.39 is 96.3 Å². The second-order valence-electron chi connectivity index (χ2n) is 18.7. The van der Waals surface area contributed by atoms with Gasteiger partial charge >= 0.3 is 12.1 Å². The fourth-order valence-electron chi connectivity index (χ4n) is 9.21. The van der Waals surface area contributed by atoms with Crippen LogP contribution >= 0.6 is 0 Å². The fraction of sp³-hybridized carbons (Fsp3) is 0.647. The molecule has 5 amide bonds. The molecule has 3 rings (SSSR count). The summed E-state index contributed by atoms with van der Waals surface area (Å²) in [6, 6.07) is 12.2. The number of hydrogen-bond acceptors (Lipinski definition) is 12. The van der Waals surface area contributed by atoms with Crippen LogP contribution in [0, 0.1) is 23.7 Å². The van der Waals surface area contributed by atoms with Gasteiger partial charge in [-0.25, -0.2) is 9.59 Å². The van der Waals surface area contributed by atoms with Gasteiger partial charge in [-0.3, -0.25) is 24.1 Å². The van der Waals surface area contributed by atoms with Crippen molar-refractivity contribution >= 4 is 41.4 Å². The topological polar surface area (TPSA) is 205 Å². The molecule has 1 saturated heterocycles. The van der Waals surface area contributed by atoms with E-state index in [9.17, 15) is 33.9 Å². The Balaban J connectivity index is 1.79. The Labute approximate surface area is 404 Å². The minimum atomic E-state index is -1.40. The summed E-state index contributed by atoms with van der Waals surface area (Å²) in [4.78, 5) is 87.9. The minimum absolute atomic E-state index is 0.0652. The Morgan fingerprint density at radius 2 is 1.43 bits per heavy atom. The number of benzene rings is 2. The monoisotopic (exact) mass is 953 g/mol. The van der Waals surface area contributed by atoms with Crippen molar-refractivity contribution in [2.75, 3.05) is 53.8 Å². The highest BCUT2D eigenvalue weighted by Gasteiger charge is 2.44. The van der Waals surface area contributed by atoms with Crippen LogP contribution in [0.3, 0.4) is 0 Å². The van der Waals surface area contributed by atoms with Gasteiger partial charge in [0.05, 0.1) is 55.9 Å². The van der Waals surface area contributed by atoms with Crippen LogP contribution in [0.25, 0.3) is 0 Å². The number of hydrogen-bond donors (Lipinski definition) is 4. The maximum absolute atomic E-state index is 14.7. The summed E-state index contributed by atoms with van der Waals surface area (Å²) >= 11 is 0. The van der Waals surface area contributed by atoms with Crippen LogP contribution < -0.4 is 16.0 Å². The smallest absolute Gasteiger partial charge is 0.411 e. The number of nitrogens with one attached hydrogen (secondary N) is 3. The van der Waals surface area contributed by atoms with Gasteiger partial charge < -0.3 is 49.8 Å². The molecular weight excluding hydrogens is 873 g/mol. The van der Waals surface area contributed by atoms with Crippen molar-refractivity contribution in [1.29, 1.82) is 0 Å². The second-order valence-corrected chi connectivity index (χ2v) is 18.7. The van der Waals surface area contributed by atoms with Crippen molar-refractivity contribution in [3.05, 3.63) is 65.7 Å². The number of likely N-dealkylation sites (N-methyl/N-ethyl adjacent to an activating group) is 2. The van der Waals surface area contributed by atoms with E-state index in [1.54, 1.807) is 80.9 Å². The van der Waals surface area contributed by atoms with Gasteiger partial charge in [0, 0.05) is 52.7 Å². The molecule has 11 atom stereocenters. The molecule has 0 bridgehead atoms. The lowest BCUT2D eigenvalue weighted by Gasteiger charge is -2.41. The fourth-order valence-corrected chi connectivity index (χ4v) is 9.21. The summed E-state index contributed by atoms with van der Waals surface area (Å²) in [5.41, 5.74) is 1.88. The average molecular weight is 953 g/mol. The predicted molar refractivity (Wildman–Crippen MR) is 260 cm³/mol. The number of methoxy groups -OCH3 is 3. The van der Waals surface area contributed by atoms with E-state index in [1.165, 1.54) is 28.4 Å². The van der Waals surface area contributed by atoms with Crippen LogP contribution in [-0.2, 0) is 42.9 Å². The molecule has 1 fully saturated rings. The standard InChI is InChI=1S/C51H80N6O11/c1-15-32(7)43(39(65-12)29-40(58)57-28-20-23-38(57)45(66-13)33(8)47(60)53-34(9)44(59)35-21-18-17-19-22-35)55(10)49(62)41(30(3)4)54-48(61)42(31(5)6)56(11)51(64)68-46(50(63)67-14)36-24-26-37(27-25-36)52-16-2/h17-19,21-22,24-27,30-34,38-39,41-46,52,59H,15-16,20,23,28-29H2,1-14H3,(H,53,60)(H,54,61)/t32-,33+,34+,38-,39+,41-,42-,43-,44+,45+,46?/m0/s1. The summed E-state index contributed by atoms with van der Waals surface area (Å²) in [6.45, 7) is 17.7. The molecule has 2 aromatic carbocycles. The van der Waals surface area contributed by atoms with Crippen molar-refractivity contribution in [2.45, 2.75) is 143 Å². The van der Waals surface area contributed by atoms with E-state index in [0.29, 0.717) is 43.5 Å². The van der Waals surface area contributed by atoms with Crippen molar-refractivity contribution < 1.29 is 52.8 Å². The van der Waals surface area contributed by atoms with Gasteiger partial charge in [-0.1, -0.05) is 97.4 Å². The van der Waals surface area contributed by atoms with Gasteiger partial charge in [0.2, 0.25) is 29.7 Å². The molecule has 0 aromatic heterocycles. The molecule has 380 valence electrons. The molecule has 2 aromatic rings. The van der Waals surface area contributed by atoms with Crippen LogP contribution in [0.4, 0.5) is 10.5 Å². The molecule has 4 N–H and O–H groups in total. The summed E-state index contributed by atoms with van der Waals surface area (Å²) in [5, 5.41) is 19.9. The molecule has 17 nitrogen and oxygen atoms in total. The number of amides is 5. The van der Waals surface area contributed by atoms with E-state index >= 15 is 0 Å². The van der Waals surface area contributed by atoms with Gasteiger partial charge in [0.15, 0.2) is 0 Å². The number of carbonyl (C=O) groups excluding carboxylic acids is 6. The van der Waals surface area contributed by atoms with Crippen LogP contribution in [0.5, 0.6) is 0 Å². The summed E-state index contributed by atoms with van der Waals surface area (Å²) in [7, 11) is 7.28. The van der Waals surface area contributed by atoms with Crippen LogP contribution in [0.1, 0.15) is 111 Å². The largest absolute Gasteiger partial charge is 0.466 e. The van der Waals surface area contributed by atoms with Gasteiger partial charge in [-0.2, -0.15) is 0 Å². The number of carbonyl (C=O) groups is 6. The number of likely N-dealkylation sites (tertiary alicyclic amines) is 1. The van der Waals surface area contributed by atoms with E-state index in [2.05, 4.69) is 16.0 Å². The summed E-state index contributed by atoms with van der Waals surface area (Å²) in [5.74, 6) is -3.96. The first-order valence-corrected chi connectivity index (χ1v) is 24.0. The Hall–Kier alpha value is -5.26. The van der Waals surface area contributed by atoms with Crippen molar-refractivity contribution in [3.8, 4) is 0 Å². The quantitative estimate of drug-likeness (QED) is 0.0883. The molecular formula is C51H80N6O11. The Morgan fingerprint density at radius 1 is 0.794 bits per heavy atom. The lowest BCUT2D eigenvalue weighted by atomic mass is 9.89. The molecule has 68 heavy (non-hydrogen) atoms. The van der Waals surface area contributed by atoms with Gasteiger partial charge in [-0.05, 0) is 62.1 Å². The Bertz CT molecular complexity index is 1930. The first-order valence-electron chi connectivity index (χ1n) is 24.0. The molecule has 1 aliphatic heterocycles. The van der Waals surface area contributed by atoms with E-state index in [1.807, 2.05) is 52.8 Å². The van der Waals surface area contributed by atoms with Crippen molar-refractivity contribution in [1.82, 2.24) is 25.3 Å². The Kier molecular flexibility index (Phi) is 22.7. The first kappa shape index (κ1) is 57.1. The lowest BCUT2D eigenvalue weighted by molar-refractivity contribution is -0.151. The molecule has 17 heteroatoms. The molecule has 0 radical (unpaired) electrons. The van der Waals surface area contributed by atoms with Crippen molar-refractivity contribution in [2.24, 2.45) is 23.7 Å². The molecule has 0 aliphatic carbocycles. The van der Waals surface area contributed by atoms with Crippen LogP contribution in [-0.4, -0.2) is 146 Å². The molecule has 0 spiro atoms. The predicted octanol–water partition coefficient (Wildman–Crippen LogP) is 5.72. The van der Waals surface area contributed by atoms with Crippen LogP contribution in [0.2, 0.25) is 0 Å². The zero-order valence-corrected chi connectivity index (χ0v) is 42.8. The number of rotatable bonds is 25. The highest BCUT2D eigenvalue weighted by molar-refractivity contribution is 5.92. The third-order valence-electron chi connectivity index (χ3n) is 13.3. The minimum Gasteiger partial charge on any atom is -0.466 e. The van der Waals surface area contributed by atoms with E-state index in [0.717, 1.165) is 10.6 Å². The highest BCUT2D eigenvalue weighted by atomic mass is 16.6. The van der Waals surface area contributed by atoms with Crippen LogP contribution in [0.15, 0.2) is 54.6 Å². The average Bonchev–Trinajstić information content (AvgIpc) is 3.81. The van der Waals surface area contributed by atoms with Gasteiger partial charge in [0.25, 0.3) is 0 Å². The SMILES string of the molecule is CCNc1ccc(C(OC(=O)N(C)[C@H](C(=O)N[C@H](C(=O)N(C)[C@@H]([C@@H](C)CC)[C@@H](CC(=O)N2CCC[C@H]2[C@H](OC)[C@@H](C)C(=O)N[C@H](C)[C@@H](O)c2ccccc2)OC)C(C)C)C(C)C)C(=O)OC)cc1. The third kappa shape index (κ3) is 14.6. The molecule has 1 aliphatic rings. The highest BCUT2D eigenvalue weighted by Crippen LogP contribution is 2.31. The third-order valence-corrected chi connectivity index (χ3v) is 13.3. The van der Waals surface area contributed by atoms with Gasteiger partial charge in [0.1, 0.15) is 12.1 Å². The zero-order chi connectivity index (χ0) is 51.0. The number of ether oxygens (including phenoxy) is 4. The molecule has 0 saturated carbocycles. The number of nitrogens with zero attached hydrogens (tertiary/aromatic N) is 3. The first-order chi connectivity index (χ1) is 32.2. The number of anilines is 1.